The molecular formula is C24H20N2. The van der Waals surface area contributed by atoms with Crippen LogP contribution in [0.1, 0.15) is 34.7 Å². The van der Waals surface area contributed by atoms with Gasteiger partial charge in [0.15, 0.2) is 0 Å². The summed E-state index contributed by atoms with van der Waals surface area (Å²) < 4.78 is 0. The summed E-state index contributed by atoms with van der Waals surface area (Å²) in [5, 5.41) is 9.02. The fourth-order valence-corrected chi connectivity index (χ4v) is 2.86. The Labute approximate surface area is 154 Å². The quantitative estimate of drug-likeness (QED) is 0.419. The molecule has 0 aliphatic rings. The lowest BCUT2D eigenvalue weighted by atomic mass is 9.99. The van der Waals surface area contributed by atoms with Crippen molar-refractivity contribution < 1.29 is 0 Å². The first-order chi connectivity index (χ1) is 12.8. The molecule has 0 radical (unpaired) electrons. The Morgan fingerprint density at radius 1 is 0.885 bits per heavy atom. The first-order valence-electron chi connectivity index (χ1n) is 8.61. The van der Waals surface area contributed by atoms with Crippen LogP contribution in [0.5, 0.6) is 0 Å². The summed E-state index contributed by atoms with van der Waals surface area (Å²) in [6.07, 6.45) is 2.62. The highest BCUT2D eigenvalue weighted by Gasteiger charge is 2.13. The lowest BCUT2D eigenvalue weighted by Crippen LogP contribution is -2.07. The van der Waals surface area contributed by atoms with E-state index in [0.29, 0.717) is 5.56 Å². The number of hydrogen-bond donors (Lipinski definition) is 0. The number of rotatable bonds is 6. The minimum atomic E-state index is -0.0457. The monoisotopic (exact) mass is 336 g/mol. The van der Waals surface area contributed by atoms with Crippen molar-refractivity contribution in [2.24, 2.45) is 4.99 Å². The summed E-state index contributed by atoms with van der Waals surface area (Å²) >= 11 is 0. The Morgan fingerprint density at radius 3 is 1.88 bits per heavy atom. The molecule has 26 heavy (non-hydrogen) atoms. The van der Waals surface area contributed by atoms with Crippen molar-refractivity contribution in [1.29, 1.82) is 5.26 Å². The summed E-state index contributed by atoms with van der Waals surface area (Å²) in [7, 11) is 0. The second-order valence-corrected chi connectivity index (χ2v) is 5.98. The van der Waals surface area contributed by atoms with Gasteiger partial charge in [-0.15, -0.1) is 6.58 Å². The summed E-state index contributed by atoms with van der Waals surface area (Å²) in [6.45, 7) is 3.89. The molecule has 0 saturated heterocycles. The van der Waals surface area contributed by atoms with E-state index in [1.165, 1.54) is 0 Å². The summed E-state index contributed by atoms with van der Waals surface area (Å²) in [5.41, 5.74) is 4.86. The van der Waals surface area contributed by atoms with Gasteiger partial charge in [-0.25, -0.2) is 0 Å². The molecule has 126 valence electrons. The molecule has 0 bridgehead atoms. The SMILES string of the molecule is C=CC[C@H](N=C(c1ccccc1)c1ccccc1)c1ccc(C#N)cc1. The summed E-state index contributed by atoms with van der Waals surface area (Å²) in [4.78, 5) is 5.09. The first-order valence-corrected chi connectivity index (χ1v) is 8.61. The van der Waals surface area contributed by atoms with E-state index < -0.39 is 0 Å². The molecule has 3 aromatic carbocycles. The molecule has 0 spiro atoms. The van der Waals surface area contributed by atoms with Crippen molar-refractivity contribution >= 4 is 5.71 Å². The van der Waals surface area contributed by atoms with Gasteiger partial charge in [-0.2, -0.15) is 5.26 Å². The largest absolute Gasteiger partial charge is 0.276 e. The lowest BCUT2D eigenvalue weighted by Gasteiger charge is -2.15. The first kappa shape index (κ1) is 17.4. The van der Waals surface area contributed by atoms with Gasteiger partial charge in [0, 0.05) is 11.1 Å². The van der Waals surface area contributed by atoms with Gasteiger partial charge < -0.3 is 0 Å². The van der Waals surface area contributed by atoms with E-state index in [0.717, 1.165) is 28.8 Å². The van der Waals surface area contributed by atoms with Crippen LogP contribution in [0.4, 0.5) is 0 Å². The van der Waals surface area contributed by atoms with Crippen LogP contribution in [0, 0.1) is 11.3 Å². The zero-order valence-electron chi connectivity index (χ0n) is 14.5. The van der Waals surface area contributed by atoms with Crippen LogP contribution in [0.15, 0.2) is 103 Å². The van der Waals surface area contributed by atoms with Crippen LogP contribution in [-0.2, 0) is 0 Å². The molecule has 0 unspecified atom stereocenters. The van der Waals surface area contributed by atoms with Crippen molar-refractivity contribution in [3.63, 3.8) is 0 Å². The average Bonchev–Trinajstić information content (AvgIpc) is 2.72. The third-order valence-electron chi connectivity index (χ3n) is 4.19. The smallest absolute Gasteiger partial charge is 0.0991 e. The Bertz CT molecular complexity index is 876. The van der Waals surface area contributed by atoms with E-state index in [1.807, 2.05) is 66.7 Å². The predicted molar refractivity (Wildman–Crippen MR) is 107 cm³/mol. The molecule has 0 heterocycles. The van der Waals surface area contributed by atoms with Gasteiger partial charge >= 0.3 is 0 Å². The lowest BCUT2D eigenvalue weighted by molar-refractivity contribution is 0.745. The topological polar surface area (TPSA) is 36.1 Å². The van der Waals surface area contributed by atoms with Gasteiger partial charge in [0.2, 0.25) is 0 Å². The van der Waals surface area contributed by atoms with Crippen LogP contribution in [-0.4, -0.2) is 5.71 Å². The molecule has 1 atom stereocenters. The molecule has 0 fully saturated rings. The van der Waals surface area contributed by atoms with Crippen molar-refractivity contribution in [2.45, 2.75) is 12.5 Å². The van der Waals surface area contributed by atoms with Crippen LogP contribution in [0.3, 0.4) is 0 Å². The second kappa shape index (κ2) is 8.60. The maximum Gasteiger partial charge on any atom is 0.0991 e. The molecule has 0 aliphatic carbocycles. The normalized spacial score (nSPS) is 11.2. The van der Waals surface area contributed by atoms with E-state index in [2.05, 4.69) is 36.9 Å². The molecule has 2 nitrogen and oxygen atoms in total. The Kier molecular flexibility index (Phi) is 5.75. The Morgan fingerprint density at radius 2 is 1.42 bits per heavy atom. The second-order valence-electron chi connectivity index (χ2n) is 5.98. The Balaban J connectivity index is 2.08. The van der Waals surface area contributed by atoms with Gasteiger partial charge in [-0.1, -0.05) is 78.9 Å². The zero-order valence-corrected chi connectivity index (χ0v) is 14.5. The van der Waals surface area contributed by atoms with E-state index in [1.54, 1.807) is 0 Å². The molecule has 3 aromatic rings. The maximum atomic E-state index is 9.02. The van der Waals surface area contributed by atoms with Crippen LogP contribution in [0.25, 0.3) is 0 Å². The van der Waals surface area contributed by atoms with Crippen molar-refractivity contribution in [1.82, 2.24) is 0 Å². The van der Waals surface area contributed by atoms with E-state index >= 15 is 0 Å². The maximum absolute atomic E-state index is 9.02. The standard InChI is InChI=1S/C24H20N2/c1-2-9-23(20-16-14-19(18-25)15-17-20)26-24(21-10-5-3-6-11-21)22-12-7-4-8-13-22/h2-8,10-17,23H,1,9H2/t23-/m0/s1. The molecule has 2 heteroatoms. The van der Waals surface area contributed by atoms with Crippen LogP contribution < -0.4 is 0 Å². The minimum Gasteiger partial charge on any atom is -0.276 e. The number of aliphatic imine (C=N–C) groups is 1. The summed E-state index contributed by atoms with van der Waals surface area (Å²) in [6, 6.07) is 30.2. The van der Waals surface area contributed by atoms with Crippen LogP contribution >= 0.6 is 0 Å². The molecule has 0 aliphatic heterocycles. The minimum absolute atomic E-state index is 0.0457. The van der Waals surface area contributed by atoms with Gasteiger partial charge in [0.25, 0.3) is 0 Å². The predicted octanol–water partition coefficient (Wildman–Crippen LogP) is 5.71. The molecule has 0 amide bonds. The van der Waals surface area contributed by atoms with E-state index in [-0.39, 0.29) is 6.04 Å². The number of nitrogens with zero attached hydrogens (tertiary/aromatic N) is 2. The van der Waals surface area contributed by atoms with Crippen molar-refractivity contribution in [3.05, 3.63) is 120 Å². The highest BCUT2D eigenvalue weighted by atomic mass is 14.8. The highest BCUT2D eigenvalue weighted by Crippen LogP contribution is 2.25. The fourth-order valence-electron chi connectivity index (χ4n) is 2.86. The number of nitriles is 1. The molecule has 0 saturated carbocycles. The fraction of sp³-hybridized carbons (Fsp3) is 0.0833. The average molecular weight is 336 g/mol. The van der Waals surface area contributed by atoms with Crippen molar-refractivity contribution in [3.8, 4) is 6.07 Å². The molecule has 3 rings (SSSR count). The third kappa shape index (κ3) is 4.15. The van der Waals surface area contributed by atoms with Gasteiger partial charge in [0.05, 0.1) is 23.4 Å². The van der Waals surface area contributed by atoms with E-state index in [4.69, 9.17) is 10.3 Å². The van der Waals surface area contributed by atoms with Gasteiger partial charge in [-0.05, 0) is 24.1 Å². The third-order valence-corrected chi connectivity index (χ3v) is 4.19. The Hall–Kier alpha value is -3.44. The van der Waals surface area contributed by atoms with Gasteiger partial charge in [0.1, 0.15) is 0 Å². The van der Waals surface area contributed by atoms with E-state index in [9.17, 15) is 0 Å². The number of hydrogen-bond acceptors (Lipinski definition) is 2. The summed E-state index contributed by atoms with van der Waals surface area (Å²) in [5.74, 6) is 0. The highest BCUT2D eigenvalue weighted by molar-refractivity contribution is 6.13. The van der Waals surface area contributed by atoms with Crippen LogP contribution in [0.2, 0.25) is 0 Å². The number of benzene rings is 3. The van der Waals surface area contributed by atoms with Gasteiger partial charge in [-0.3, -0.25) is 4.99 Å². The molecular weight excluding hydrogens is 316 g/mol. The molecule has 0 aromatic heterocycles. The zero-order chi connectivity index (χ0) is 18.2. The van der Waals surface area contributed by atoms with Crippen molar-refractivity contribution in [2.75, 3.05) is 0 Å². The molecule has 0 N–H and O–H groups in total.